The summed E-state index contributed by atoms with van der Waals surface area (Å²) in [6, 6.07) is 1.85. The van der Waals surface area contributed by atoms with Crippen LogP contribution in [0.15, 0.2) is 15.9 Å². The molecule has 0 atom stereocenters. The highest BCUT2D eigenvalue weighted by atomic mass is 32.1. The summed E-state index contributed by atoms with van der Waals surface area (Å²) < 4.78 is 10.2. The highest BCUT2D eigenvalue weighted by molar-refractivity contribution is 7.71. The minimum atomic E-state index is 0.280. The van der Waals surface area contributed by atoms with Crippen LogP contribution in [-0.4, -0.2) is 17.3 Å². The number of nitrogens with zero attached hydrogens (tertiary/aromatic N) is 1. The summed E-state index contributed by atoms with van der Waals surface area (Å²) in [5, 5.41) is 8.33. The van der Waals surface area contributed by atoms with E-state index < -0.39 is 0 Å². The summed E-state index contributed by atoms with van der Waals surface area (Å²) >= 11 is 6.25. The maximum Gasteiger partial charge on any atom is 0.284 e. The van der Waals surface area contributed by atoms with Gasteiger partial charge in [-0.3, -0.25) is 0 Å². The number of aromatic amines is 1. The molecule has 2 heterocycles. The van der Waals surface area contributed by atoms with Crippen molar-refractivity contribution in [1.29, 1.82) is 0 Å². The standard InChI is InChI=1S/C7H6N2O2S2/c1-10-4-2-5(13-3-4)6-8-9-7(12)11-6/h2-3H,1H3,(H,9,12). The number of thiophene rings is 1. The number of methoxy groups -OCH3 is 1. The van der Waals surface area contributed by atoms with Crippen molar-refractivity contribution >= 4 is 23.6 Å². The molecule has 13 heavy (non-hydrogen) atoms. The van der Waals surface area contributed by atoms with Gasteiger partial charge >= 0.3 is 0 Å². The van der Waals surface area contributed by atoms with Crippen molar-refractivity contribution in [2.75, 3.05) is 7.11 Å². The molecule has 0 aliphatic carbocycles. The summed E-state index contributed by atoms with van der Waals surface area (Å²) in [5.74, 6) is 1.29. The van der Waals surface area contributed by atoms with Crippen LogP contribution in [0.3, 0.4) is 0 Å². The molecule has 1 N–H and O–H groups in total. The molecule has 0 saturated heterocycles. The maximum absolute atomic E-state index is 5.13. The molecule has 2 aromatic heterocycles. The first-order chi connectivity index (χ1) is 6.29. The topological polar surface area (TPSA) is 51.0 Å². The highest BCUT2D eigenvalue weighted by Crippen LogP contribution is 2.29. The van der Waals surface area contributed by atoms with Crippen molar-refractivity contribution in [2.45, 2.75) is 0 Å². The largest absolute Gasteiger partial charge is 0.496 e. The molecule has 0 spiro atoms. The van der Waals surface area contributed by atoms with Crippen LogP contribution in [0, 0.1) is 4.84 Å². The van der Waals surface area contributed by atoms with Gasteiger partial charge in [-0.2, -0.15) is 0 Å². The van der Waals surface area contributed by atoms with Crippen molar-refractivity contribution in [3.63, 3.8) is 0 Å². The molecule has 0 aromatic carbocycles. The lowest BCUT2D eigenvalue weighted by atomic mass is 10.4. The number of hydrogen-bond donors (Lipinski definition) is 1. The van der Waals surface area contributed by atoms with Crippen LogP contribution < -0.4 is 4.74 Å². The van der Waals surface area contributed by atoms with E-state index in [0.29, 0.717) is 5.89 Å². The van der Waals surface area contributed by atoms with Crippen molar-refractivity contribution in [3.8, 4) is 16.5 Å². The average Bonchev–Trinajstić information content (AvgIpc) is 2.71. The van der Waals surface area contributed by atoms with E-state index in [1.165, 1.54) is 11.3 Å². The first-order valence-electron chi connectivity index (χ1n) is 3.48. The molecule has 2 rings (SSSR count). The Balaban J connectivity index is 2.40. The minimum absolute atomic E-state index is 0.280. The Bertz CT molecular complexity index is 457. The Morgan fingerprint density at radius 1 is 1.69 bits per heavy atom. The summed E-state index contributed by atoms with van der Waals surface area (Å²) in [6.45, 7) is 0. The fraction of sp³-hybridized carbons (Fsp3) is 0.143. The van der Waals surface area contributed by atoms with Crippen molar-refractivity contribution in [2.24, 2.45) is 0 Å². The molecule has 0 saturated carbocycles. The monoisotopic (exact) mass is 214 g/mol. The summed E-state index contributed by atoms with van der Waals surface area (Å²) in [7, 11) is 1.62. The zero-order chi connectivity index (χ0) is 9.26. The smallest absolute Gasteiger partial charge is 0.284 e. The van der Waals surface area contributed by atoms with Gasteiger partial charge in [-0.15, -0.1) is 16.4 Å². The van der Waals surface area contributed by atoms with Crippen molar-refractivity contribution < 1.29 is 9.15 Å². The molecule has 0 aliphatic rings. The molecule has 4 nitrogen and oxygen atoms in total. The molecular weight excluding hydrogens is 208 g/mol. The summed E-state index contributed by atoms with van der Waals surface area (Å²) in [5.41, 5.74) is 0. The van der Waals surface area contributed by atoms with Crippen molar-refractivity contribution in [1.82, 2.24) is 10.2 Å². The van der Waals surface area contributed by atoms with Gasteiger partial charge in [-0.25, -0.2) is 5.10 Å². The lowest BCUT2D eigenvalue weighted by molar-refractivity contribution is 0.416. The van der Waals surface area contributed by atoms with E-state index in [1.54, 1.807) is 7.11 Å². The molecule has 0 radical (unpaired) electrons. The molecule has 0 fully saturated rings. The number of aromatic nitrogens is 2. The fourth-order valence-corrected chi connectivity index (χ4v) is 1.78. The predicted octanol–water partition coefficient (Wildman–Crippen LogP) is 2.47. The molecular formula is C7H6N2O2S2. The second kappa shape index (κ2) is 3.31. The molecule has 68 valence electrons. The highest BCUT2D eigenvalue weighted by Gasteiger charge is 2.07. The number of hydrogen-bond acceptors (Lipinski definition) is 5. The van der Waals surface area contributed by atoms with Crippen LogP contribution in [-0.2, 0) is 0 Å². The van der Waals surface area contributed by atoms with E-state index in [-0.39, 0.29) is 4.84 Å². The maximum atomic E-state index is 5.13. The quantitative estimate of drug-likeness (QED) is 0.780. The Kier molecular flexibility index (Phi) is 2.15. The van der Waals surface area contributed by atoms with Gasteiger partial charge in [0.25, 0.3) is 10.7 Å². The van der Waals surface area contributed by atoms with Crippen LogP contribution in [0.25, 0.3) is 10.8 Å². The zero-order valence-corrected chi connectivity index (χ0v) is 8.37. The minimum Gasteiger partial charge on any atom is -0.496 e. The number of nitrogens with one attached hydrogen (secondary N) is 1. The van der Waals surface area contributed by atoms with Gasteiger partial charge in [0.2, 0.25) is 0 Å². The van der Waals surface area contributed by atoms with Crippen LogP contribution in [0.1, 0.15) is 0 Å². The van der Waals surface area contributed by atoms with E-state index in [0.717, 1.165) is 10.6 Å². The van der Waals surface area contributed by atoms with Crippen molar-refractivity contribution in [3.05, 3.63) is 16.3 Å². The third kappa shape index (κ3) is 1.63. The number of ether oxygens (including phenoxy) is 1. The molecule has 6 heteroatoms. The Hall–Kier alpha value is -1.14. The van der Waals surface area contributed by atoms with E-state index >= 15 is 0 Å². The van der Waals surface area contributed by atoms with Gasteiger partial charge < -0.3 is 9.15 Å². The molecule has 0 bridgehead atoms. The normalized spacial score (nSPS) is 10.2. The van der Waals surface area contributed by atoms with Gasteiger partial charge in [0.05, 0.1) is 12.0 Å². The van der Waals surface area contributed by atoms with Crippen LogP contribution in [0.5, 0.6) is 5.75 Å². The number of H-pyrrole nitrogens is 1. The predicted molar refractivity (Wildman–Crippen MR) is 51.6 cm³/mol. The molecule has 0 aliphatic heterocycles. The van der Waals surface area contributed by atoms with Crippen LogP contribution in [0.4, 0.5) is 0 Å². The molecule has 2 aromatic rings. The number of rotatable bonds is 2. The van der Waals surface area contributed by atoms with Crippen LogP contribution in [0.2, 0.25) is 0 Å². The Morgan fingerprint density at radius 2 is 2.54 bits per heavy atom. The van der Waals surface area contributed by atoms with Gasteiger partial charge in [-0.05, 0) is 12.2 Å². The van der Waals surface area contributed by atoms with Gasteiger partial charge in [0.1, 0.15) is 5.75 Å². The first-order valence-corrected chi connectivity index (χ1v) is 4.77. The van der Waals surface area contributed by atoms with E-state index in [4.69, 9.17) is 21.4 Å². The third-order valence-electron chi connectivity index (χ3n) is 1.46. The Labute approximate surface area is 83.2 Å². The third-order valence-corrected chi connectivity index (χ3v) is 2.53. The molecule has 0 unspecified atom stereocenters. The van der Waals surface area contributed by atoms with E-state index in [9.17, 15) is 0 Å². The van der Waals surface area contributed by atoms with Crippen LogP contribution >= 0.6 is 23.6 Å². The summed E-state index contributed by atoms with van der Waals surface area (Å²) in [6.07, 6.45) is 0. The lowest BCUT2D eigenvalue weighted by Gasteiger charge is -1.88. The summed E-state index contributed by atoms with van der Waals surface area (Å²) in [4.78, 5) is 1.17. The molecule has 0 amide bonds. The zero-order valence-electron chi connectivity index (χ0n) is 6.73. The van der Waals surface area contributed by atoms with Gasteiger partial charge in [0, 0.05) is 11.4 Å². The lowest BCUT2D eigenvalue weighted by Crippen LogP contribution is -1.76. The second-order valence-corrected chi connectivity index (χ2v) is 3.55. The van der Waals surface area contributed by atoms with E-state index in [2.05, 4.69) is 10.2 Å². The SMILES string of the molecule is COc1csc(-c2n[nH]c(=S)o2)c1. The first kappa shape index (κ1) is 8.46. The fourth-order valence-electron chi connectivity index (χ4n) is 0.873. The Morgan fingerprint density at radius 3 is 3.08 bits per heavy atom. The second-order valence-electron chi connectivity index (χ2n) is 2.27. The van der Waals surface area contributed by atoms with Gasteiger partial charge in [-0.1, -0.05) is 0 Å². The van der Waals surface area contributed by atoms with Gasteiger partial charge in [0.15, 0.2) is 0 Å². The van der Waals surface area contributed by atoms with E-state index in [1.807, 2.05) is 11.4 Å². The average molecular weight is 214 g/mol.